The minimum absolute atomic E-state index is 0.0654. The van der Waals surface area contributed by atoms with E-state index in [2.05, 4.69) is 9.69 Å². The maximum absolute atomic E-state index is 12.7. The Bertz CT molecular complexity index is 598. The summed E-state index contributed by atoms with van der Waals surface area (Å²) < 4.78 is 4.23. The highest BCUT2D eigenvalue weighted by Gasteiger charge is 2.23. The number of aliphatic hydroxyl groups excluding tert-OH is 1. The van der Waals surface area contributed by atoms with Crippen LogP contribution in [0, 0.1) is 6.92 Å². The number of aryl methyl sites for hydroxylation is 1. The molecule has 0 spiro atoms. The second kappa shape index (κ2) is 7.19. The van der Waals surface area contributed by atoms with Crippen molar-refractivity contribution in [1.82, 2.24) is 9.27 Å². The van der Waals surface area contributed by atoms with Gasteiger partial charge in [0.2, 0.25) is 0 Å². The molecule has 0 aliphatic heterocycles. The molecule has 2 rings (SSSR count). The molecule has 21 heavy (non-hydrogen) atoms. The van der Waals surface area contributed by atoms with E-state index in [0.717, 1.165) is 10.6 Å². The van der Waals surface area contributed by atoms with Gasteiger partial charge in [0.05, 0.1) is 17.9 Å². The first-order valence-electron chi connectivity index (χ1n) is 6.75. The van der Waals surface area contributed by atoms with E-state index in [1.54, 1.807) is 11.9 Å². The number of amides is 1. The van der Waals surface area contributed by atoms with Crippen molar-refractivity contribution >= 4 is 22.4 Å². The van der Waals surface area contributed by atoms with Crippen LogP contribution in [-0.4, -0.2) is 40.5 Å². The fourth-order valence-electron chi connectivity index (χ4n) is 2.13. The molecule has 0 aliphatic carbocycles. The van der Waals surface area contributed by atoms with Crippen LogP contribution in [0.5, 0.6) is 0 Å². The van der Waals surface area contributed by atoms with Crippen LogP contribution < -0.4 is 5.32 Å². The maximum atomic E-state index is 12.7. The Kier molecular flexibility index (Phi) is 5.30. The van der Waals surface area contributed by atoms with Gasteiger partial charge in [-0.1, -0.05) is 30.3 Å². The lowest BCUT2D eigenvalue weighted by molar-refractivity contribution is 0.0708. The molecule has 1 heterocycles. The predicted octanol–water partition coefficient (Wildman–Crippen LogP) is 2.13. The Morgan fingerprint density at radius 2 is 2.10 bits per heavy atom. The topological polar surface area (TPSA) is 65.5 Å². The number of carbonyl (C=O) groups excluding carboxylic acids is 1. The maximum Gasteiger partial charge on any atom is 0.259 e. The largest absolute Gasteiger partial charge is 0.395 e. The van der Waals surface area contributed by atoms with Crippen molar-refractivity contribution in [2.45, 2.75) is 13.5 Å². The van der Waals surface area contributed by atoms with Crippen LogP contribution in [0.4, 0.5) is 5.00 Å². The summed E-state index contributed by atoms with van der Waals surface area (Å²) in [5.41, 5.74) is 2.34. The summed E-state index contributed by atoms with van der Waals surface area (Å²) in [6.45, 7) is 2.53. The number of anilines is 1. The lowest BCUT2D eigenvalue weighted by Gasteiger charge is -2.22. The molecule has 5 nitrogen and oxygen atoms in total. The second-order valence-electron chi connectivity index (χ2n) is 4.66. The van der Waals surface area contributed by atoms with Gasteiger partial charge in [-0.2, -0.15) is 4.37 Å². The number of benzene rings is 1. The average molecular weight is 305 g/mol. The van der Waals surface area contributed by atoms with Crippen molar-refractivity contribution in [2.75, 3.05) is 25.5 Å². The third-order valence-corrected chi connectivity index (χ3v) is 4.13. The van der Waals surface area contributed by atoms with E-state index in [1.807, 2.05) is 37.3 Å². The van der Waals surface area contributed by atoms with Gasteiger partial charge in [0.25, 0.3) is 5.91 Å². The number of aromatic nitrogens is 1. The van der Waals surface area contributed by atoms with Crippen molar-refractivity contribution < 1.29 is 9.90 Å². The standard InChI is InChI=1S/C15H19N3O2S/c1-11-13(14(16-2)21-17-11)15(20)18(8-9-19)10-12-6-4-3-5-7-12/h3-7,16,19H,8-10H2,1-2H3. The molecule has 0 fully saturated rings. The van der Waals surface area contributed by atoms with Gasteiger partial charge in [0, 0.05) is 20.1 Å². The van der Waals surface area contributed by atoms with Crippen LogP contribution in [0.2, 0.25) is 0 Å². The van der Waals surface area contributed by atoms with Crippen LogP contribution in [0.15, 0.2) is 30.3 Å². The fourth-order valence-corrected chi connectivity index (χ4v) is 2.86. The summed E-state index contributed by atoms with van der Waals surface area (Å²) >= 11 is 1.28. The molecule has 1 aromatic heterocycles. The number of hydrogen-bond acceptors (Lipinski definition) is 5. The van der Waals surface area contributed by atoms with E-state index < -0.39 is 0 Å². The normalized spacial score (nSPS) is 10.4. The number of hydrogen-bond donors (Lipinski definition) is 2. The Balaban J connectivity index is 2.25. The molecule has 1 aromatic carbocycles. The van der Waals surface area contributed by atoms with E-state index in [-0.39, 0.29) is 12.5 Å². The van der Waals surface area contributed by atoms with Crippen molar-refractivity contribution in [3.8, 4) is 0 Å². The summed E-state index contributed by atoms with van der Waals surface area (Å²) in [7, 11) is 1.78. The first kappa shape index (κ1) is 15.5. The van der Waals surface area contributed by atoms with Crippen LogP contribution in [-0.2, 0) is 6.54 Å². The quantitative estimate of drug-likeness (QED) is 0.858. The number of rotatable bonds is 6. The van der Waals surface area contributed by atoms with Crippen molar-refractivity contribution in [3.05, 3.63) is 47.2 Å². The van der Waals surface area contributed by atoms with Crippen LogP contribution >= 0.6 is 11.5 Å². The summed E-state index contributed by atoms with van der Waals surface area (Å²) in [6, 6.07) is 9.75. The van der Waals surface area contributed by atoms with Crippen LogP contribution in [0.25, 0.3) is 0 Å². The number of nitrogens with zero attached hydrogens (tertiary/aromatic N) is 2. The molecule has 112 valence electrons. The summed E-state index contributed by atoms with van der Waals surface area (Å²) in [4.78, 5) is 14.4. The first-order chi connectivity index (χ1) is 10.2. The molecule has 6 heteroatoms. The van der Waals surface area contributed by atoms with Crippen molar-refractivity contribution in [1.29, 1.82) is 0 Å². The fraction of sp³-hybridized carbons (Fsp3) is 0.333. The summed E-state index contributed by atoms with van der Waals surface area (Å²) in [5.74, 6) is -0.108. The van der Waals surface area contributed by atoms with Gasteiger partial charge < -0.3 is 15.3 Å². The summed E-state index contributed by atoms with van der Waals surface area (Å²) in [5, 5.41) is 13.0. The molecule has 0 unspecified atom stereocenters. The lowest BCUT2D eigenvalue weighted by atomic mass is 10.1. The van der Waals surface area contributed by atoms with E-state index >= 15 is 0 Å². The van der Waals surface area contributed by atoms with E-state index in [9.17, 15) is 9.90 Å². The van der Waals surface area contributed by atoms with E-state index in [4.69, 9.17) is 0 Å². The molecule has 0 aliphatic rings. The minimum atomic E-state index is -0.108. The SMILES string of the molecule is CNc1snc(C)c1C(=O)N(CCO)Cc1ccccc1. The highest BCUT2D eigenvalue weighted by Crippen LogP contribution is 2.25. The van der Waals surface area contributed by atoms with Gasteiger partial charge in [-0.25, -0.2) is 0 Å². The molecule has 0 atom stereocenters. The molecule has 1 amide bonds. The van der Waals surface area contributed by atoms with Crippen LogP contribution in [0.1, 0.15) is 21.6 Å². The smallest absolute Gasteiger partial charge is 0.259 e. The Morgan fingerprint density at radius 3 is 2.71 bits per heavy atom. The minimum Gasteiger partial charge on any atom is -0.395 e. The van der Waals surface area contributed by atoms with Gasteiger partial charge in [-0.15, -0.1) is 0 Å². The third kappa shape index (κ3) is 3.59. The lowest BCUT2D eigenvalue weighted by Crippen LogP contribution is -2.33. The third-order valence-electron chi connectivity index (χ3n) is 3.18. The van der Waals surface area contributed by atoms with Crippen LogP contribution in [0.3, 0.4) is 0 Å². The molecule has 2 N–H and O–H groups in total. The summed E-state index contributed by atoms with van der Waals surface area (Å²) in [6.07, 6.45) is 0. The van der Waals surface area contributed by atoms with Gasteiger partial charge in [0.15, 0.2) is 0 Å². The second-order valence-corrected chi connectivity index (χ2v) is 5.43. The highest BCUT2D eigenvalue weighted by atomic mass is 32.1. The zero-order valence-corrected chi connectivity index (χ0v) is 13.0. The highest BCUT2D eigenvalue weighted by molar-refractivity contribution is 7.10. The molecule has 0 radical (unpaired) electrons. The van der Waals surface area contributed by atoms with Gasteiger partial charge in [-0.3, -0.25) is 4.79 Å². The zero-order chi connectivity index (χ0) is 15.2. The number of carbonyl (C=O) groups is 1. The van der Waals surface area contributed by atoms with Gasteiger partial charge >= 0.3 is 0 Å². The molecular weight excluding hydrogens is 286 g/mol. The molecule has 0 bridgehead atoms. The number of nitrogens with one attached hydrogen (secondary N) is 1. The molecular formula is C15H19N3O2S. The Labute approximate surface area is 128 Å². The van der Waals surface area contributed by atoms with E-state index in [0.29, 0.717) is 24.3 Å². The van der Waals surface area contributed by atoms with Gasteiger partial charge in [0.1, 0.15) is 5.00 Å². The monoisotopic (exact) mass is 305 g/mol. The molecule has 0 saturated heterocycles. The molecule has 2 aromatic rings. The zero-order valence-electron chi connectivity index (χ0n) is 12.2. The number of aliphatic hydroxyl groups is 1. The van der Waals surface area contributed by atoms with E-state index in [1.165, 1.54) is 11.5 Å². The Morgan fingerprint density at radius 1 is 1.38 bits per heavy atom. The van der Waals surface area contributed by atoms with Crippen molar-refractivity contribution in [2.24, 2.45) is 0 Å². The Hall–Kier alpha value is -1.92. The average Bonchev–Trinajstić information content (AvgIpc) is 2.88. The van der Waals surface area contributed by atoms with Crippen molar-refractivity contribution in [3.63, 3.8) is 0 Å². The van der Waals surface area contributed by atoms with Gasteiger partial charge in [-0.05, 0) is 24.0 Å². The molecule has 0 saturated carbocycles. The first-order valence-corrected chi connectivity index (χ1v) is 7.52. The predicted molar refractivity (Wildman–Crippen MR) is 84.7 cm³/mol.